The number of nitrogens with zero attached hydrogens (tertiary/aromatic N) is 5. The van der Waals surface area contributed by atoms with Crippen molar-refractivity contribution in [1.29, 1.82) is 0 Å². The number of amides is 1. The fourth-order valence-corrected chi connectivity index (χ4v) is 3.26. The monoisotopic (exact) mass is 424 g/mol. The summed E-state index contributed by atoms with van der Waals surface area (Å²) >= 11 is 0. The molecule has 164 valence electrons. The maximum Gasteiger partial charge on any atom is 0.304 e. The van der Waals surface area contributed by atoms with Crippen LogP contribution in [0, 0.1) is 5.92 Å². The molecule has 5 N–H and O–H groups in total. The molecule has 0 radical (unpaired) electrons. The van der Waals surface area contributed by atoms with Gasteiger partial charge in [0.15, 0.2) is 0 Å². The van der Waals surface area contributed by atoms with Gasteiger partial charge in [-0.1, -0.05) is 32.0 Å². The number of ether oxygens (including phenoxy) is 1. The second kappa shape index (κ2) is 9.90. The number of nitrogens with two attached hydrogens (primary N) is 2. The number of hydrogen-bond acceptors (Lipinski definition) is 7. The Labute approximate surface area is 180 Å². The normalized spacial score (nSPS) is 11.7. The van der Waals surface area contributed by atoms with E-state index < -0.39 is 0 Å². The number of hydrazine groups is 1. The number of carbonyl (C=O) groups is 1. The van der Waals surface area contributed by atoms with Gasteiger partial charge >= 0.3 is 6.01 Å². The third-order valence-corrected chi connectivity index (χ3v) is 4.92. The maximum absolute atomic E-state index is 12.3. The van der Waals surface area contributed by atoms with Crippen LogP contribution >= 0.6 is 0 Å². The molecule has 0 aliphatic rings. The lowest BCUT2D eigenvalue weighted by molar-refractivity contribution is -0.120. The van der Waals surface area contributed by atoms with Crippen molar-refractivity contribution < 1.29 is 9.53 Å². The van der Waals surface area contributed by atoms with E-state index in [1.807, 2.05) is 50.2 Å². The number of imidazole rings is 1. The molecule has 0 saturated carbocycles. The lowest BCUT2D eigenvalue weighted by Crippen LogP contribution is -2.39. The number of aromatic nitrogens is 3. The molecule has 0 bridgehead atoms. The molecule has 0 spiro atoms. The van der Waals surface area contributed by atoms with Crippen molar-refractivity contribution in [3.05, 3.63) is 48.2 Å². The Morgan fingerprint density at radius 1 is 1.19 bits per heavy atom. The summed E-state index contributed by atoms with van der Waals surface area (Å²) in [4.78, 5) is 21.3. The highest BCUT2D eigenvalue weighted by Gasteiger charge is 2.19. The maximum atomic E-state index is 12.3. The number of carbonyl (C=O) groups excluding carboxylic acids is 1. The molecule has 31 heavy (non-hydrogen) atoms. The van der Waals surface area contributed by atoms with Gasteiger partial charge in [0.05, 0.1) is 16.7 Å². The van der Waals surface area contributed by atoms with Crippen LogP contribution in [0.1, 0.15) is 32.4 Å². The van der Waals surface area contributed by atoms with Crippen molar-refractivity contribution in [3.8, 4) is 6.01 Å². The summed E-state index contributed by atoms with van der Waals surface area (Å²) in [7, 11) is 1.62. The quantitative estimate of drug-likeness (QED) is 0.229. The smallest absolute Gasteiger partial charge is 0.304 e. The molecular formula is C21H28N8O2. The zero-order chi connectivity index (χ0) is 22.4. The van der Waals surface area contributed by atoms with Gasteiger partial charge in [-0.25, -0.2) is 15.4 Å². The summed E-state index contributed by atoms with van der Waals surface area (Å²) in [6.07, 6.45) is 1.56. The molecule has 3 aromatic rings. The molecule has 0 saturated heterocycles. The third kappa shape index (κ3) is 4.92. The van der Waals surface area contributed by atoms with Crippen LogP contribution in [0.3, 0.4) is 0 Å². The number of anilines is 1. The van der Waals surface area contributed by atoms with E-state index in [2.05, 4.69) is 20.4 Å². The van der Waals surface area contributed by atoms with Crippen molar-refractivity contribution in [2.75, 3.05) is 12.4 Å². The number of benzene rings is 1. The predicted molar refractivity (Wildman–Crippen MR) is 120 cm³/mol. The van der Waals surface area contributed by atoms with Crippen LogP contribution in [-0.4, -0.2) is 38.5 Å². The van der Waals surface area contributed by atoms with Crippen LogP contribution in [-0.2, 0) is 11.4 Å². The highest BCUT2D eigenvalue weighted by atomic mass is 16.5. The van der Waals surface area contributed by atoms with Gasteiger partial charge in [0, 0.05) is 13.0 Å². The van der Waals surface area contributed by atoms with Crippen molar-refractivity contribution in [3.63, 3.8) is 0 Å². The van der Waals surface area contributed by atoms with Crippen LogP contribution in [0.5, 0.6) is 6.01 Å². The van der Waals surface area contributed by atoms with Crippen molar-refractivity contribution >= 4 is 28.7 Å². The first-order valence-corrected chi connectivity index (χ1v) is 10.1. The number of pyridine rings is 1. The van der Waals surface area contributed by atoms with Gasteiger partial charge < -0.3 is 15.9 Å². The summed E-state index contributed by atoms with van der Waals surface area (Å²) in [6.45, 7) is 4.12. The number of hydrogen-bond donors (Lipinski definition) is 3. The van der Waals surface area contributed by atoms with Crippen molar-refractivity contribution in [2.24, 2.45) is 22.7 Å². The number of nitrogens with one attached hydrogen (secondary N) is 1. The zero-order valence-corrected chi connectivity index (χ0v) is 17.9. The third-order valence-electron chi connectivity index (χ3n) is 4.92. The van der Waals surface area contributed by atoms with E-state index in [1.54, 1.807) is 17.7 Å². The molecule has 2 heterocycles. The Morgan fingerprint density at radius 3 is 2.61 bits per heavy atom. The minimum absolute atomic E-state index is 0.0351. The summed E-state index contributed by atoms with van der Waals surface area (Å²) in [5.74, 6) is 12.1. The molecule has 0 fully saturated rings. The molecule has 0 aliphatic heterocycles. The topological polar surface area (TPSA) is 137 Å². The van der Waals surface area contributed by atoms with Gasteiger partial charge in [-0.15, -0.1) is 5.10 Å². The van der Waals surface area contributed by atoms with Crippen LogP contribution in [0.4, 0.5) is 5.82 Å². The number of para-hydroxylation sites is 2. The molecule has 0 unspecified atom stereocenters. The molecule has 3 rings (SSSR count). The Hall–Kier alpha value is -3.66. The van der Waals surface area contributed by atoms with E-state index in [1.165, 1.54) is 5.01 Å². The van der Waals surface area contributed by atoms with Crippen LogP contribution < -0.4 is 21.7 Å². The van der Waals surface area contributed by atoms with E-state index >= 15 is 0 Å². The molecule has 0 atom stereocenters. The standard InChI is InChI=1S/C21H28N8O2/c1-4-14(5-2)19(30)26-18-12-8-9-15(24-18)13-31-21-25-16-10-6-7-11-17(16)29(21)20(27-22)28(3)23/h6-12,14H,4-5,13,22-23H2,1-3H3,(H,24,26,30)/b27-20+. The average molecular weight is 425 g/mol. The zero-order valence-electron chi connectivity index (χ0n) is 17.9. The van der Waals surface area contributed by atoms with Gasteiger partial charge in [0.1, 0.15) is 12.4 Å². The largest absolute Gasteiger partial charge is 0.458 e. The summed E-state index contributed by atoms with van der Waals surface area (Å²) in [5.41, 5.74) is 2.09. The molecule has 2 aromatic heterocycles. The Bertz CT molecular complexity index is 1070. The van der Waals surface area contributed by atoms with Gasteiger partial charge in [0.2, 0.25) is 11.9 Å². The second-order valence-corrected chi connectivity index (χ2v) is 7.06. The lowest BCUT2D eigenvalue weighted by Gasteiger charge is -2.17. The highest BCUT2D eigenvalue weighted by Crippen LogP contribution is 2.22. The molecule has 10 heteroatoms. The first-order chi connectivity index (χ1) is 15.0. The number of hydrazone groups is 1. The van der Waals surface area contributed by atoms with E-state index in [0.717, 1.165) is 18.4 Å². The summed E-state index contributed by atoms with van der Waals surface area (Å²) < 4.78 is 7.58. The van der Waals surface area contributed by atoms with E-state index in [0.29, 0.717) is 17.0 Å². The minimum Gasteiger partial charge on any atom is -0.458 e. The first-order valence-electron chi connectivity index (χ1n) is 10.1. The molecular weight excluding hydrogens is 396 g/mol. The Balaban J connectivity index is 1.83. The van der Waals surface area contributed by atoms with Crippen LogP contribution in [0.25, 0.3) is 11.0 Å². The van der Waals surface area contributed by atoms with Gasteiger partial charge in [-0.3, -0.25) is 9.80 Å². The number of fused-ring (bicyclic) bond motifs is 1. The fourth-order valence-electron chi connectivity index (χ4n) is 3.26. The van der Waals surface area contributed by atoms with Crippen molar-refractivity contribution in [2.45, 2.75) is 33.3 Å². The van der Waals surface area contributed by atoms with Gasteiger partial charge in [-0.2, -0.15) is 4.98 Å². The SMILES string of the molecule is CCC(CC)C(=O)Nc1cccc(COc2nc3ccccc3n2/C(=N/N)N(C)N)n1. The summed E-state index contributed by atoms with van der Waals surface area (Å²) in [6, 6.07) is 13.1. The second-order valence-electron chi connectivity index (χ2n) is 7.06. The highest BCUT2D eigenvalue weighted by molar-refractivity contribution is 5.93. The van der Waals surface area contributed by atoms with E-state index in [4.69, 9.17) is 16.4 Å². The Kier molecular flexibility index (Phi) is 7.03. The van der Waals surface area contributed by atoms with Crippen molar-refractivity contribution in [1.82, 2.24) is 19.5 Å². The molecule has 1 aromatic carbocycles. The van der Waals surface area contributed by atoms with Gasteiger partial charge in [0.25, 0.3) is 0 Å². The average Bonchev–Trinajstić information content (AvgIpc) is 3.12. The first kappa shape index (κ1) is 22.0. The van der Waals surface area contributed by atoms with Gasteiger partial charge in [-0.05, 0) is 37.1 Å². The molecule has 10 nitrogen and oxygen atoms in total. The van der Waals surface area contributed by atoms with E-state index in [-0.39, 0.29) is 30.4 Å². The fraction of sp³-hybridized carbons (Fsp3) is 0.333. The molecule has 0 aliphatic carbocycles. The lowest BCUT2D eigenvalue weighted by atomic mass is 10.0. The minimum atomic E-state index is -0.0381. The Morgan fingerprint density at radius 2 is 1.94 bits per heavy atom. The summed E-state index contributed by atoms with van der Waals surface area (Å²) in [5, 5.41) is 7.93. The van der Waals surface area contributed by atoms with E-state index in [9.17, 15) is 4.79 Å². The van der Waals surface area contributed by atoms with Crippen LogP contribution in [0.15, 0.2) is 47.6 Å². The molecule has 1 amide bonds. The van der Waals surface area contributed by atoms with Crippen LogP contribution in [0.2, 0.25) is 0 Å². The number of rotatable bonds is 7. The predicted octanol–water partition coefficient (Wildman–Crippen LogP) is 2.27.